The molecule has 26 heavy (non-hydrogen) atoms. The average Bonchev–Trinajstić information content (AvgIpc) is 3.28. The second-order valence-electron chi connectivity index (χ2n) is 5.95. The summed E-state index contributed by atoms with van der Waals surface area (Å²) in [7, 11) is 0. The van der Waals surface area contributed by atoms with Crippen LogP contribution in [0.2, 0.25) is 5.02 Å². The first-order valence-electron chi connectivity index (χ1n) is 8.21. The van der Waals surface area contributed by atoms with Gasteiger partial charge in [0.15, 0.2) is 0 Å². The molecule has 4 aromatic rings. The number of benzene rings is 2. The largest absolute Gasteiger partial charge is 0.361 e. The molecule has 2 aromatic carbocycles. The Morgan fingerprint density at radius 1 is 1.15 bits per heavy atom. The van der Waals surface area contributed by atoms with Crippen LogP contribution in [0.3, 0.4) is 0 Å². The molecule has 2 N–H and O–H groups in total. The van der Waals surface area contributed by atoms with Gasteiger partial charge in [0.2, 0.25) is 5.91 Å². The summed E-state index contributed by atoms with van der Waals surface area (Å²) in [6.45, 7) is 0.430. The molecule has 0 saturated carbocycles. The SMILES string of the molecule is O=C(Cc1c[nH]c2ccccc12)NCc1nc(-c2ccc(Cl)cc2)cs1. The number of rotatable bonds is 5. The molecule has 2 aromatic heterocycles. The topological polar surface area (TPSA) is 57.8 Å². The minimum absolute atomic E-state index is 0.0157. The quantitative estimate of drug-likeness (QED) is 0.521. The van der Waals surface area contributed by atoms with Crippen LogP contribution in [-0.2, 0) is 17.8 Å². The average molecular weight is 382 g/mol. The van der Waals surface area contributed by atoms with Gasteiger partial charge in [-0.05, 0) is 23.8 Å². The van der Waals surface area contributed by atoms with Crippen molar-refractivity contribution in [3.05, 3.63) is 75.7 Å². The molecule has 0 aliphatic rings. The molecule has 0 fully saturated rings. The van der Waals surface area contributed by atoms with Crippen molar-refractivity contribution in [2.24, 2.45) is 0 Å². The number of aromatic amines is 1. The molecule has 130 valence electrons. The number of halogens is 1. The zero-order valence-electron chi connectivity index (χ0n) is 13.8. The molecule has 1 amide bonds. The van der Waals surface area contributed by atoms with Crippen molar-refractivity contribution in [3.8, 4) is 11.3 Å². The minimum atomic E-state index is -0.0157. The number of amides is 1. The van der Waals surface area contributed by atoms with Crippen LogP contribution in [0.1, 0.15) is 10.6 Å². The number of hydrogen-bond donors (Lipinski definition) is 2. The first kappa shape index (κ1) is 16.8. The Balaban J connectivity index is 1.38. The Kier molecular flexibility index (Phi) is 4.73. The highest BCUT2D eigenvalue weighted by molar-refractivity contribution is 7.09. The van der Waals surface area contributed by atoms with Crippen molar-refractivity contribution in [3.63, 3.8) is 0 Å². The molecule has 0 atom stereocenters. The van der Waals surface area contributed by atoms with Crippen LogP contribution in [0.4, 0.5) is 0 Å². The highest BCUT2D eigenvalue weighted by atomic mass is 35.5. The molecule has 2 heterocycles. The molecule has 0 radical (unpaired) electrons. The fraction of sp³-hybridized carbons (Fsp3) is 0.100. The van der Waals surface area contributed by atoms with E-state index in [4.69, 9.17) is 11.6 Å². The fourth-order valence-electron chi connectivity index (χ4n) is 2.83. The van der Waals surface area contributed by atoms with E-state index in [1.165, 1.54) is 11.3 Å². The summed E-state index contributed by atoms with van der Waals surface area (Å²) in [6.07, 6.45) is 2.24. The summed E-state index contributed by atoms with van der Waals surface area (Å²) in [5, 5.41) is 7.61. The second-order valence-corrected chi connectivity index (χ2v) is 7.33. The standard InChI is InChI=1S/C20H16ClN3OS/c21-15-7-5-13(6-8-15)18-12-26-20(24-18)11-23-19(25)9-14-10-22-17-4-2-1-3-16(14)17/h1-8,10,12,22H,9,11H2,(H,23,25). The van der Waals surface area contributed by atoms with E-state index in [1.54, 1.807) is 0 Å². The zero-order chi connectivity index (χ0) is 17.9. The molecule has 0 unspecified atom stereocenters. The van der Waals surface area contributed by atoms with E-state index in [0.717, 1.165) is 32.7 Å². The number of carbonyl (C=O) groups excluding carboxylic acids is 1. The van der Waals surface area contributed by atoms with Crippen molar-refractivity contribution in [1.82, 2.24) is 15.3 Å². The molecular formula is C20H16ClN3OS. The van der Waals surface area contributed by atoms with Crippen LogP contribution in [0.15, 0.2) is 60.1 Å². The lowest BCUT2D eigenvalue weighted by Crippen LogP contribution is -2.24. The fourth-order valence-corrected chi connectivity index (χ4v) is 3.70. The molecule has 0 aliphatic carbocycles. The highest BCUT2D eigenvalue weighted by Gasteiger charge is 2.10. The lowest BCUT2D eigenvalue weighted by Gasteiger charge is -2.02. The van der Waals surface area contributed by atoms with E-state index in [9.17, 15) is 4.79 Å². The number of para-hydroxylation sites is 1. The van der Waals surface area contributed by atoms with Crippen LogP contribution in [0.5, 0.6) is 0 Å². The Labute approximate surface area is 159 Å². The van der Waals surface area contributed by atoms with Gasteiger partial charge >= 0.3 is 0 Å². The monoisotopic (exact) mass is 381 g/mol. The van der Waals surface area contributed by atoms with Crippen molar-refractivity contribution >= 4 is 39.7 Å². The lowest BCUT2D eigenvalue weighted by atomic mass is 10.1. The Morgan fingerprint density at radius 3 is 2.81 bits per heavy atom. The molecule has 4 nitrogen and oxygen atoms in total. The number of thiazole rings is 1. The van der Waals surface area contributed by atoms with Crippen molar-refractivity contribution in [1.29, 1.82) is 0 Å². The van der Waals surface area contributed by atoms with Crippen LogP contribution < -0.4 is 5.32 Å². The van der Waals surface area contributed by atoms with E-state index in [1.807, 2.05) is 60.1 Å². The molecular weight excluding hydrogens is 366 g/mol. The molecule has 4 rings (SSSR count). The van der Waals surface area contributed by atoms with Gasteiger partial charge in [-0.1, -0.05) is 41.9 Å². The number of carbonyl (C=O) groups is 1. The summed E-state index contributed by atoms with van der Waals surface area (Å²) < 4.78 is 0. The normalized spacial score (nSPS) is 11.0. The molecule has 6 heteroatoms. The Bertz CT molecular complexity index is 1050. The van der Waals surface area contributed by atoms with Gasteiger partial charge in [0, 0.05) is 33.1 Å². The predicted molar refractivity (Wildman–Crippen MR) is 106 cm³/mol. The van der Waals surface area contributed by atoms with E-state index < -0.39 is 0 Å². The van der Waals surface area contributed by atoms with E-state index in [2.05, 4.69) is 15.3 Å². The summed E-state index contributed by atoms with van der Waals surface area (Å²) >= 11 is 7.45. The van der Waals surface area contributed by atoms with E-state index >= 15 is 0 Å². The number of hydrogen-bond acceptors (Lipinski definition) is 3. The smallest absolute Gasteiger partial charge is 0.224 e. The van der Waals surface area contributed by atoms with Gasteiger partial charge in [-0.3, -0.25) is 4.79 Å². The van der Waals surface area contributed by atoms with Crippen LogP contribution >= 0.6 is 22.9 Å². The molecule has 0 saturated heterocycles. The van der Waals surface area contributed by atoms with Crippen LogP contribution in [0.25, 0.3) is 22.2 Å². The van der Waals surface area contributed by atoms with Gasteiger partial charge in [0.05, 0.1) is 18.7 Å². The lowest BCUT2D eigenvalue weighted by molar-refractivity contribution is -0.120. The van der Waals surface area contributed by atoms with Gasteiger partial charge in [0.25, 0.3) is 0 Å². The number of nitrogens with one attached hydrogen (secondary N) is 2. The second kappa shape index (κ2) is 7.32. The van der Waals surface area contributed by atoms with E-state index in [0.29, 0.717) is 18.0 Å². The van der Waals surface area contributed by atoms with E-state index in [-0.39, 0.29) is 5.91 Å². The van der Waals surface area contributed by atoms with Gasteiger partial charge in [-0.15, -0.1) is 11.3 Å². The summed E-state index contributed by atoms with van der Waals surface area (Å²) in [5.74, 6) is -0.0157. The Hall–Kier alpha value is -2.63. The third kappa shape index (κ3) is 3.64. The summed E-state index contributed by atoms with van der Waals surface area (Å²) in [5.41, 5.74) is 3.96. The number of H-pyrrole nitrogens is 1. The summed E-state index contributed by atoms with van der Waals surface area (Å²) in [6, 6.07) is 15.6. The maximum absolute atomic E-state index is 12.3. The van der Waals surface area contributed by atoms with Crippen LogP contribution in [-0.4, -0.2) is 15.9 Å². The minimum Gasteiger partial charge on any atom is -0.361 e. The third-order valence-corrected chi connectivity index (χ3v) is 5.26. The van der Waals surface area contributed by atoms with Crippen LogP contribution in [0, 0.1) is 0 Å². The number of aromatic nitrogens is 2. The third-order valence-electron chi connectivity index (χ3n) is 4.15. The first-order chi connectivity index (χ1) is 12.7. The van der Waals surface area contributed by atoms with Gasteiger partial charge in [0.1, 0.15) is 5.01 Å². The van der Waals surface area contributed by atoms with Gasteiger partial charge in [-0.25, -0.2) is 4.98 Å². The molecule has 0 spiro atoms. The maximum atomic E-state index is 12.3. The number of fused-ring (bicyclic) bond motifs is 1. The van der Waals surface area contributed by atoms with Gasteiger partial charge in [-0.2, -0.15) is 0 Å². The molecule has 0 aliphatic heterocycles. The predicted octanol–water partition coefficient (Wildman–Crippen LogP) is 4.80. The molecule has 0 bridgehead atoms. The summed E-state index contributed by atoms with van der Waals surface area (Å²) in [4.78, 5) is 20.1. The zero-order valence-corrected chi connectivity index (χ0v) is 15.4. The number of nitrogens with zero attached hydrogens (tertiary/aromatic N) is 1. The van der Waals surface area contributed by atoms with Crippen molar-refractivity contribution in [2.45, 2.75) is 13.0 Å². The Morgan fingerprint density at radius 2 is 1.96 bits per heavy atom. The first-order valence-corrected chi connectivity index (χ1v) is 9.47. The van der Waals surface area contributed by atoms with Crippen molar-refractivity contribution < 1.29 is 4.79 Å². The van der Waals surface area contributed by atoms with Gasteiger partial charge < -0.3 is 10.3 Å². The van der Waals surface area contributed by atoms with Crippen molar-refractivity contribution in [2.75, 3.05) is 0 Å². The highest BCUT2D eigenvalue weighted by Crippen LogP contribution is 2.23. The maximum Gasteiger partial charge on any atom is 0.224 e.